The van der Waals surface area contributed by atoms with Crippen molar-refractivity contribution in [2.45, 2.75) is 64.8 Å². The summed E-state index contributed by atoms with van der Waals surface area (Å²) in [5.41, 5.74) is 3.89. The lowest BCUT2D eigenvalue weighted by atomic mass is 9.80. The quantitative estimate of drug-likeness (QED) is 0.339. The van der Waals surface area contributed by atoms with Crippen molar-refractivity contribution in [2.24, 2.45) is 11.8 Å². The zero-order valence-corrected chi connectivity index (χ0v) is 20.0. The van der Waals surface area contributed by atoms with Crippen molar-refractivity contribution in [3.8, 4) is 28.5 Å². The van der Waals surface area contributed by atoms with Crippen molar-refractivity contribution in [2.75, 3.05) is 0 Å². The van der Waals surface area contributed by atoms with Gasteiger partial charge in [0.2, 0.25) is 0 Å². The Hall–Kier alpha value is -2.64. The van der Waals surface area contributed by atoms with E-state index in [1.807, 2.05) is 30.3 Å². The number of hydrogen-bond acceptors (Lipinski definition) is 2. The maximum atomic E-state index is 15.2. The van der Waals surface area contributed by atoms with Crippen LogP contribution in [0.2, 0.25) is 5.02 Å². The van der Waals surface area contributed by atoms with Gasteiger partial charge in [0.05, 0.1) is 22.5 Å². The van der Waals surface area contributed by atoms with Crippen molar-refractivity contribution >= 4 is 11.6 Å². The summed E-state index contributed by atoms with van der Waals surface area (Å²) in [5.74, 6) is 0.968. The topological polar surface area (TPSA) is 41.6 Å². The molecule has 1 fully saturated rings. The van der Waals surface area contributed by atoms with Crippen LogP contribution in [0.15, 0.2) is 48.5 Å². The lowest BCUT2D eigenvalue weighted by Crippen LogP contribution is -2.20. The van der Waals surface area contributed by atoms with E-state index < -0.39 is 5.82 Å². The van der Waals surface area contributed by atoms with E-state index >= 15 is 4.39 Å². The highest BCUT2D eigenvalue weighted by atomic mass is 35.5. The van der Waals surface area contributed by atoms with Crippen molar-refractivity contribution < 1.29 is 4.39 Å². The predicted octanol–water partition coefficient (Wildman–Crippen LogP) is 8.07. The van der Waals surface area contributed by atoms with Crippen LogP contribution < -0.4 is 0 Å². The molecule has 4 rings (SSSR count). The molecule has 1 saturated carbocycles. The number of rotatable bonds is 8. The first-order valence-corrected chi connectivity index (χ1v) is 12.5. The van der Waals surface area contributed by atoms with E-state index in [1.165, 1.54) is 38.5 Å². The fourth-order valence-electron chi connectivity index (χ4n) is 5.22. The third-order valence-corrected chi connectivity index (χ3v) is 7.15. The number of nitrogens with zero attached hydrogens (tertiary/aromatic N) is 3. The standard InChI is InChI=1S/C28H31ClFN3/c1-2-8-20-14-16-21(17-15-20)19-33-28(22-9-4-3-5-10-22)26(25(32-33)13-7-18-31)23-11-6-12-24(29)27(23)30/h3-6,9-12,20-21H,2,7-8,13-17,19H2,1H3. The van der Waals surface area contributed by atoms with E-state index in [1.54, 1.807) is 18.2 Å². The summed E-state index contributed by atoms with van der Waals surface area (Å²) in [7, 11) is 0. The van der Waals surface area contributed by atoms with Crippen LogP contribution in [0.1, 0.15) is 57.6 Å². The molecule has 0 amide bonds. The third-order valence-electron chi connectivity index (χ3n) is 6.86. The first-order valence-electron chi connectivity index (χ1n) is 12.1. The van der Waals surface area contributed by atoms with E-state index in [4.69, 9.17) is 16.7 Å². The highest BCUT2D eigenvalue weighted by Crippen LogP contribution is 2.40. The van der Waals surface area contributed by atoms with Crippen LogP contribution in [0.3, 0.4) is 0 Å². The minimum atomic E-state index is -0.436. The molecule has 3 aromatic rings. The van der Waals surface area contributed by atoms with Gasteiger partial charge in [0.15, 0.2) is 0 Å². The second-order valence-corrected chi connectivity index (χ2v) is 9.56. The van der Waals surface area contributed by atoms with E-state index in [9.17, 15) is 5.26 Å². The fourth-order valence-corrected chi connectivity index (χ4v) is 5.39. The van der Waals surface area contributed by atoms with Crippen molar-refractivity contribution in [1.82, 2.24) is 9.78 Å². The molecule has 172 valence electrons. The minimum absolute atomic E-state index is 0.0970. The van der Waals surface area contributed by atoms with E-state index in [0.29, 0.717) is 24.3 Å². The molecule has 1 aliphatic carbocycles. The molecule has 1 heterocycles. The maximum Gasteiger partial charge on any atom is 0.149 e. The molecule has 3 nitrogen and oxygen atoms in total. The summed E-state index contributed by atoms with van der Waals surface area (Å²) in [5, 5.41) is 14.3. The number of hydrogen-bond donors (Lipinski definition) is 0. The van der Waals surface area contributed by atoms with Gasteiger partial charge in [0.1, 0.15) is 5.82 Å². The molecule has 0 N–H and O–H groups in total. The van der Waals surface area contributed by atoms with Crippen molar-refractivity contribution in [1.29, 1.82) is 5.26 Å². The molecule has 0 unspecified atom stereocenters. The van der Waals surface area contributed by atoms with Gasteiger partial charge in [0.25, 0.3) is 0 Å². The fraction of sp³-hybridized carbons (Fsp3) is 0.429. The summed E-state index contributed by atoms with van der Waals surface area (Å²) in [6, 6.07) is 17.4. The first-order chi connectivity index (χ1) is 16.1. The van der Waals surface area contributed by atoms with E-state index in [2.05, 4.69) is 17.7 Å². The third kappa shape index (κ3) is 5.31. The Balaban J connectivity index is 1.79. The van der Waals surface area contributed by atoms with Crippen LogP contribution in [0.4, 0.5) is 4.39 Å². The summed E-state index contributed by atoms with van der Waals surface area (Å²) < 4.78 is 17.3. The van der Waals surface area contributed by atoms with Crippen LogP contribution in [0.25, 0.3) is 22.4 Å². The maximum absolute atomic E-state index is 15.2. The highest BCUT2D eigenvalue weighted by molar-refractivity contribution is 6.31. The SMILES string of the molecule is CCCC1CCC(Cn2nc(CCC#N)c(-c3cccc(Cl)c3F)c2-c2ccccc2)CC1. The van der Waals surface area contributed by atoms with Gasteiger partial charge in [0, 0.05) is 36.1 Å². The Labute approximate surface area is 201 Å². The van der Waals surface area contributed by atoms with E-state index in [-0.39, 0.29) is 5.02 Å². The molecule has 0 aliphatic heterocycles. The van der Waals surface area contributed by atoms with Crippen LogP contribution in [0, 0.1) is 29.0 Å². The Morgan fingerprint density at radius 3 is 2.48 bits per heavy atom. The van der Waals surface area contributed by atoms with E-state index in [0.717, 1.165) is 35.0 Å². The molecule has 0 bridgehead atoms. The Bertz CT molecular complexity index is 1110. The van der Waals surface area contributed by atoms with Gasteiger partial charge < -0.3 is 0 Å². The predicted molar refractivity (Wildman–Crippen MR) is 132 cm³/mol. The minimum Gasteiger partial charge on any atom is -0.264 e. The molecule has 0 atom stereocenters. The summed E-state index contributed by atoms with van der Waals surface area (Å²) in [4.78, 5) is 0. The largest absolute Gasteiger partial charge is 0.264 e. The van der Waals surface area contributed by atoms with Crippen LogP contribution in [-0.4, -0.2) is 9.78 Å². The van der Waals surface area contributed by atoms with Gasteiger partial charge in [-0.2, -0.15) is 10.4 Å². The lowest BCUT2D eigenvalue weighted by molar-refractivity contribution is 0.237. The monoisotopic (exact) mass is 463 g/mol. The van der Waals surface area contributed by atoms with Crippen LogP contribution in [0.5, 0.6) is 0 Å². The Kier molecular flexibility index (Phi) is 7.83. The number of aromatic nitrogens is 2. The average Bonchev–Trinajstić information content (AvgIpc) is 3.19. The van der Waals surface area contributed by atoms with Gasteiger partial charge in [-0.25, -0.2) is 4.39 Å². The summed E-state index contributed by atoms with van der Waals surface area (Å²) in [6.07, 6.45) is 8.34. The molecule has 2 aromatic carbocycles. The summed E-state index contributed by atoms with van der Waals surface area (Å²) in [6.45, 7) is 3.08. The smallest absolute Gasteiger partial charge is 0.149 e. The molecule has 0 radical (unpaired) electrons. The molecular weight excluding hydrogens is 433 g/mol. The molecule has 0 spiro atoms. The zero-order valence-electron chi connectivity index (χ0n) is 19.2. The second-order valence-electron chi connectivity index (χ2n) is 9.15. The second kappa shape index (κ2) is 11.0. The molecule has 0 saturated heterocycles. The highest BCUT2D eigenvalue weighted by Gasteiger charge is 2.27. The van der Waals surface area contributed by atoms with Gasteiger partial charge in [-0.3, -0.25) is 4.68 Å². The number of benzene rings is 2. The lowest BCUT2D eigenvalue weighted by Gasteiger charge is -2.28. The first kappa shape index (κ1) is 23.5. The number of halogens is 2. The molecule has 33 heavy (non-hydrogen) atoms. The Morgan fingerprint density at radius 2 is 1.79 bits per heavy atom. The van der Waals surface area contributed by atoms with Gasteiger partial charge >= 0.3 is 0 Å². The van der Waals surface area contributed by atoms with Crippen LogP contribution >= 0.6 is 11.6 Å². The molecular formula is C28H31ClFN3. The van der Waals surface area contributed by atoms with Gasteiger partial charge in [-0.1, -0.05) is 86.7 Å². The molecule has 1 aromatic heterocycles. The average molecular weight is 464 g/mol. The zero-order chi connectivity index (χ0) is 23.2. The van der Waals surface area contributed by atoms with Crippen LogP contribution in [-0.2, 0) is 13.0 Å². The van der Waals surface area contributed by atoms with Gasteiger partial charge in [-0.15, -0.1) is 0 Å². The Morgan fingerprint density at radius 1 is 1.06 bits per heavy atom. The number of aryl methyl sites for hydroxylation is 1. The normalized spacial score (nSPS) is 18.2. The van der Waals surface area contributed by atoms with Gasteiger partial charge in [-0.05, 0) is 30.7 Å². The van der Waals surface area contributed by atoms with Crippen molar-refractivity contribution in [3.63, 3.8) is 0 Å². The molecule has 5 heteroatoms. The summed E-state index contributed by atoms with van der Waals surface area (Å²) >= 11 is 6.17. The molecule has 1 aliphatic rings. The number of nitriles is 1. The van der Waals surface area contributed by atoms with Crippen molar-refractivity contribution in [3.05, 3.63) is 65.1 Å².